The molecule has 7 aromatic carbocycles. The van der Waals surface area contributed by atoms with Crippen LogP contribution in [0.15, 0.2) is 199 Å². The Morgan fingerprint density at radius 1 is 0.453 bits per heavy atom. The molecule has 4 aliphatic rings. The second-order valence-electron chi connectivity index (χ2n) is 14.8. The van der Waals surface area contributed by atoms with Crippen molar-refractivity contribution in [1.82, 2.24) is 0 Å². The van der Waals surface area contributed by atoms with Crippen molar-refractivity contribution in [2.75, 3.05) is 0 Å². The molecule has 0 bridgehead atoms. The molecule has 3 atom stereocenters. The van der Waals surface area contributed by atoms with E-state index in [1.54, 1.807) is 0 Å². The number of benzene rings is 7. The maximum absolute atomic E-state index is 4.80. The Labute approximate surface area is 311 Å². The van der Waals surface area contributed by atoms with E-state index in [4.69, 9.17) is 4.99 Å². The van der Waals surface area contributed by atoms with Gasteiger partial charge in [0.15, 0.2) is 0 Å². The second-order valence-corrected chi connectivity index (χ2v) is 14.8. The van der Waals surface area contributed by atoms with Crippen molar-refractivity contribution in [3.05, 3.63) is 244 Å². The van der Waals surface area contributed by atoms with Crippen LogP contribution in [-0.4, -0.2) is 12.3 Å². The molecule has 53 heavy (non-hydrogen) atoms. The third kappa shape index (κ3) is 4.11. The van der Waals surface area contributed by atoms with Crippen LogP contribution in [0.2, 0.25) is 0 Å². The maximum atomic E-state index is 4.80. The second kappa shape index (κ2) is 11.6. The van der Waals surface area contributed by atoms with E-state index in [0.29, 0.717) is 0 Å². The van der Waals surface area contributed by atoms with Crippen molar-refractivity contribution in [2.45, 2.75) is 29.7 Å². The molecular weight excluding hydrogens is 639 g/mol. The lowest BCUT2D eigenvalue weighted by atomic mass is 9.51. The normalized spacial score (nSPS) is 21.5. The topological polar surface area (TPSA) is 12.4 Å². The summed E-state index contributed by atoms with van der Waals surface area (Å²) in [7, 11) is 0. The third-order valence-corrected chi connectivity index (χ3v) is 12.4. The zero-order valence-corrected chi connectivity index (χ0v) is 29.4. The van der Waals surface area contributed by atoms with Crippen molar-refractivity contribution < 1.29 is 0 Å². The molecular formula is C52H37N. The minimum absolute atomic E-state index is 0.178. The van der Waals surface area contributed by atoms with Gasteiger partial charge in [-0.2, -0.15) is 0 Å². The Balaban J connectivity index is 1.17. The van der Waals surface area contributed by atoms with Crippen molar-refractivity contribution >= 4 is 11.8 Å². The molecule has 1 aliphatic heterocycles. The third-order valence-electron chi connectivity index (χ3n) is 12.4. The molecule has 3 aliphatic carbocycles. The van der Waals surface area contributed by atoms with Gasteiger partial charge in [-0.1, -0.05) is 176 Å². The molecule has 0 fully saturated rings. The van der Waals surface area contributed by atoms with E-state index < -0.39 is 10.8 Å². The van der Waals surface area contributed by atoms with E-state index in [1.165, 1.54) is 83.5 Å². The zero-order valence-electron chi connectivity index (χ0n) is 29.4. The van der Waals surface area contributed by atoms with Crippen molar-refractivity contribution in [1.29, 1.82) is 0 Å². The van der Waals surface area contributed by atoms with Gasteiger partial charge < -0.3 is 0 Å². The molecule has 0 radical (unpaired) electrons. The monoisotopic (exact) mass is 675 g/mol. The summed E-state index contributed by atoms with van der Waals surface area (Å²) in [6.07, 6.45) is 8.75. The van der Waals surface area contributed by atoms with Crippen LogP contribution in [-0.2, 0) is 10.8 Å². The highest BCUT2D eigenvalue weighted by Gasteiger charge is 2.57. The summed E-state index contributed by atoms with van der Waals surface area (Å²) in [6, 6.07) is 66.6. The number of allylic oxidation sites excluding steroid dienone is 2. The molecule has 1 nitrogen and oxygen atoms in total. The Morgan fingerprint density at radius 3 is 1.81 bits per heavy atom. The highest BCUT2D eigenvalue weighted by Crippen LogP contribution is 2.65. The fourth-order valence-corrected chi connectivity index (χ4v) is 10.3. The first-order chi connectivity index (χ1) is 26.3. The van der Waals surface area contributed by atoms with E-state index in [1.807, 2.05) is 6.21 Å². The molecule has 0 saturated heterocycles. The SMILES string of the molecule is C1=NC2C(=C1)CCC=C2c1ccc(-c2cccc(C3(c4ccccc4)c4ccccc4C4(c5ccccc5)c5ccccc5-c5cccc3c54)c2)cc1. The number of hydrogen-bond donors (Lipinski definition) is 0. The highest BCUT2D eigenvalue weighted by atomic mass is 14.8. The summed E-state index contributed by atoms with van der Waals surface area (Å²) in [6.45, 7) is 0. The zero-order chi connectivity index (χ0) is 35.0. The predicted octanol–water partition coefficient (Wildman–Crippen LogP) is 12.0. The molecule has 0 amide bonds. The largest absolute Gasteiger partial charge is 0.281 e. The van der Waals surface area contributed by atoms with Crippen LogP contribution < -0.4 is 0 Å². The first kappa shape index (κ1) is 30.3. The van der Waals surface area contributed by atoms with Crippen LogP contribution in [0.5, 0.6) is 0 Å². The van der Waals surface area contributed by atoms with Crippen molar-refractivity contribution in [3.8, 4) is 22.3 Å². The van der Waals surface area contributed by atoms with Crippen LogP contribution >= 0.6 is 0 Å². The van der Waals surface area contributed by atoms with Gasteiger partial charge in [-0.05, 0) is 108 Å². The van der Waals surface area contributed by atoms with Gasteiger partial charge in [-0.15, -0.1) is 0 Å². The summed E-state index contributed by atoms with van der Waals surface area (Å²) in [5.41, 5.74) is 18.7. The van der Waals surface area contributed by atoms with Gasteiger partial charge in [-0.3, -0.25) is 4.99 Å². The first-order valence-corrected chi connectivity index (χ1v) is 18.9. The smallest absolute Gasteiger partial charge is 0.0965 e. The fourth-order valence-electron chi connectivity index (χ4n) is 10.3. The Bertz CT molecular complexity index is 2660. The minimum Gasteiger partial charge on any atom is -0.281 e. The van der Waals surface area contributed by atoms with Crippen LogP contribution in [0.1, 0.15) is 62.9 Å². The molecule has 7 aromatic rings. The lowest BCUT2D eigenvalue weighted by molar-refractivity contribution is 0.627. The first-order valence-electron chi connectivity index (χ1n) is 18.9. The summed E-state index contributed by atoms with van der Waals surface area (Å²) in [5, 5.41) is 0. The molecule has 11 rings (SSSR count). The average Bonchev–Trinajstić information content (AvgIpc) is 3.85. The number of rotatable bonds is 5. The van der Waals surface area contributed by atoms with Crippen LogP contribution in [0.3, 0.4) is 0 Å². The number of aliphatic imine (C=N–C) groups is 1. The predicted molar refractivity (Wildman–Crippen MR) is 219 cm³/mol. The Kier molecular flexibility index (Phi) is 6.64. The highest BCUT2D eigenvalue weighted by molar-refractivity contribution is 5.92. The lowest BCUT2D eigenvalue weighted by Crippen LogP contribution is -2.44. The molecule has 250 valence electrons. The van der Waals surface area contributed by atoms with Gasteiger partial charge in [0.1, 0.15) is 0 Å². The van der Waals surface area contributed by atoms with Crippen molar-refractivity contribution in [3.63, 3.8) is 0 Å². The number of nitrogens with zero attached hydrogens (tertiary/aromatic N) is 1. The van der Waals surface area contributed by atoms with Gasteiger partial charge in [0.05, 0.1) is 16.9 Å². The Hall–Kier alpha value is -6.31. The standard InChI is InChI=1S/C52H37N/c1-3-16-39(17-4-1)51(41-20-11-15-38(34-41)35-28-30-36(31-29-35)42-22-12-14-37-32-33-53-50(37)42)46-25-9-10-26-47(46)52(40-18-5-2-6-19-40)45-24-8-7-21-43(45)44-23-13-27-48(51)49(44)52/h1-11,13,15-34,50H,12,14H2. The van der Waals surface area contributed by atoms with Crippen LogP contribution in [0.4, 0.5) is 0 Å². The van der Waals surface area contributed by atoms with Crippen LogP contribution in [0, 0.1) is 0 Å². The molecule has 0 N–H and O–H groups in total. The minimum atomic E-state index is -0.560. The van der Waals surface area contributed by atoms with Gasteiger partial charge in [0.2, 0.25) is 0 Å². The van der Waals surface area contributed by atoms with E-state index in [-0.39, 0.29) is 6.04 Å². The molecule has 0 saturated carbocycles. The fraction of sp³-hybridized carbons (Fsp3) is 0.0962. The molecule has 3 unspecified atom stereocenters. The van der Waals surface area contributed by atoms with Gasteiger partial charge in [0.25, 0.3) is 0 Å². The summed E-state index contributed by atoms with van der Waals surface area (Å²) < 4.78 is 0. The van der Waals surface area contributed by atoms with Gasteiger partial charge >= 0.3 is 0 Å². The maximum Gasteiger partial charge on any atom is 0.0965 e. The molecule has 0 aromatic heterocycles. The van der Waals surface area contributed by atoms with Gasteiger partial charge in [-0.25, -0.2) is 0 Å². The van der Waals surface area contributed by atoms with E-state index in [9.17, 15) is 0 Å². The van der Waals surface area contributed by atoms with E-state index in [0.717, 1.165) is 12.8 Å². The summed E-state index contributed by atoms with van der Waals surface area (Å²) >= 11 is 0. The molecule has 1 heterocycles. The van der Waals surface area contributed by atoms with E-state index in [2.05, 4.69) is 188 Å². The van der Waals surface area contributed by atoms with Gasteiger partial charge in [0, 0.05) is 6.21 Å². The number of fused-ring (bicyclic) bond motifs is 6. The van der Waals surface area contributed by atoms with Crippen molar-refractivity contribution in [2.24, 2.45) is 4.99 Å². The Morgan fingerprint density at radius 2 is 1.04 bits per heavy atom. The summed E-state index contributed by atoms with van der Waals surface area (Å²) in [4.78, 5) is 4.80. The number of hydrogen-bond acceptors (Lipinski definition) is 1. The summed E-state index contributed by atoms with van der Waals surface area (Å²) in [5.74, 6) is 0. The molecule has 1 heteroatoms. The quantitative estimate of drug-likeness (QED) is 0.172. The van der Waals surface area contributed by atoms with E-state index >= 15 is 0 Å². The van der Waals surface area contributed by atoms with Crippen LogP contribution in [0.25, 0.3) is 27.8 Å². The molecule has 0 spiro atoms. The average molecular weight is 676 g/mol. The lowest BCUT2D eigenvalue weighted by Gasteiger charge is -2.49.